The predicted octanol–water partition coefficient (Wildman–Crippen LogP) is 4.42. The van der Waals surface area contributed by atoms with Crippen LogP contribution >= 0.6 is 27.5 Å². The number of carbonyl (C=O) groups is 1. The van der Waals surface area contributed by atoms with Crippen molar-refractivity contribution in [2.45, 2.75) is 6.92 Å². The van der Waals surface area contributed by atoms with Gasteiger partial charge in [-0.25, -0.2) is 4.68 Å². The SMILES string of the molecule is Cc1c(NC(=O)c2ccnn(C)c2=O)cccc1-c1cccc(Br)c1Cl. The molecule has 0 atom stereocenters. The maximum atomic E-state index is 12.5. The topological polar surface area (TPSA) is 64.0 Å². The van der Waals surface area contributed by atoms with E-state index in [4.69, 9.17) is 11.6 Å². The second-order valence-corrected chi connectivity index (χ2v) is 6.94. The van der Waals surface area contributed by atoms with E-state index >= 15 is 0 Å². The lowest BCUT2D eigenvalue weighted by atomic mass is 9.99. The van der Waals surface area contributed by atoms with Gasteiger partial charge < -0.3 is 5.32 Å². The average Bonchev–Trinajstić information content (AvgIpc) is 2.62. The summed E-state index contributed by atoms with van der Waals surface area (Å²) in [6, 6.07) is 12.6. The number of rotatable bonds is 3. The largest absolute Gasteiger partial charge is 0.322 e. The molecule has 0 aliphatic rings. The number of halogens is 2. The molecular formula is C19H15BrClN3O2. The molecule has 3 aromatic rings. The van der Waals surface area contributed by atoms with Crippen molar-refractivity contribution >= 4 is 39.1 Å². The van der Waals surface area contributed by atoms with E-state index in [0.717, 1.165) is 25.8 Å². The van der Waals surface area contributed by atoms with Gasteiger partial charge in [0.25, 0.3) is 11.5 Å². The number of hydrogen-bond donors (Lipinski definition) is 1. The first-order valence-electron chi connectivity index (χ1n) is 7.78. The molecule has 1 aromatic heterocycles. The van der Waals surface area contributed by atoms with Crippen LogP contribution in [0.1, 0.15) is 15.9 Å². The van der Waals surface area contributed by atoms with Crippen LogP contribution in [0, 0.1) is 6.92 Å². The molecular weight excluding hydrogens is 418 g/mol. The van der Waals surface area contributed by atoms with E-state index in [1.54, 1.807) is 6.07 Å². The Morgan fingerprint density at radius 2 is 1.85 bits per heavy atom. The summed E-state index contributed by atoms with van der Waals surface area (Å²) in [6.07, 6.45) is 1.42. The number of anilines is 1. The van der Waals surface area contributed by atoms with E-state index in [1.807, 2.05) is 37.3 Å². The number of aromatic nitrogens is 2. The van der Waals surface area contributed by atoms with Gasteiger partial charge in [-0.3, -0.25) is 9.59 Å². The zero-order valence-corrected chi connectivity index (χ0v) is 16.4. The number of carbonyl (C=O) groups excluding carboxylic acids is 1. The molecule has 1 amide bonds. The van der Waals surface area contributed by atoms with E-state index in [-0.39, 0.29) is 5.56 Å². The van der Waals surface area contributed by atoms with Crippen LogP contribution in [0.5, 0.6) is 0 Å². The third-order valence-electron chi connectivity index (χ3n) is 4.07. The van der Waals surface area contributed by atoms with Gasteiger partial charge in [0.1, 0.15) is 5.56 Å². The fourth-order valence-electron chi connectivity index (χ4n) is 2.64. The number of benzene rings is 2. The van der Waals surface area contributed by atoms with E-state index in [0.29, 0.717) is 10.7 Å². The summed E-state index contributed by atoms with van der Waals surface area (Å²) in [5, 5.41) is 7.23. The Morgan fingerprint density at radius 1 is 1.15 bits per heavy atom. The summed E-state index contributed by atoms with van der Waals surface area (Å²) in [5.74, 6) is -0.478. The highest BCUT2D eigenvalue weighted by molar-refractivity contribution is 9.10. The van der Waals surface area contributed by atoms with E-state index in [9.17, 15) is 9.59 Å². The van der Waals surface area contributed by atoms with Crippen LogP contribution in [0.2, 0.25) is 5.02 Å². The Balaban J connectivity index is 2.00. The van der Waals surface area contributed by atoms with Crippen LogP contribution < -0.4 is 10.9 Å². The molecule has 1 N–H and O–H groups in total. The van der Waals surface area contributed by atoms with Crippen molar-refractivity contribution < 1.29 is 4.79 Å². The van der Waals surface area contributed by atoms with Crippen LogP contribution in [-0.4, -0.2) is 15.7 Å². The lowest BCUT2D eigenvalue weighted by Crippen LogP contribution is -2.28. The van der Waals surface area contributed by atoms with Crippen molar-refractivity contribution in [1.29, 1.82) is 0 Å². The van der Waals surface area contributed by atoms with Gasteiger partial charge in [0.05, 0.1) is 5.02 Å². The minimum atomic E-state index is -0.478. The zero-order valence-electron chi connectivity index (χ0n) is 14.1. The van der Waals surface area contributed by atoms with Crippen LogP contribution in [0.4, 0.5) is 5.69 Å². The first-order valence-corrected chi connectivity index (χ1v) is 8.95. The van der Waals surface area contributed by atoms with Crippen molar-refractivity contribution in [3.63, 3.8) is 0 Å². The van der Waals surface area contributed by atoms with Gasteiger partial charge in [0, 0.05) is 29.0 Å². The molecule has 7 heteroatoms. The van der Waals surface area contributed by atoms with E-state index in [1.165, 1.54) is 19.3 Å². The highest BCUT2D eigenvalue weighted by Crippen LogP contribution is 2.37. The second-order valence-electron chi connectivity index (χ2n) is 5.71. The van der Waals surface area contributed by atoms with E-state index in [2.05, 4.69) is 26.3 Å². The highest BCUT2D eigenvalue weighted by atomic mass is 79.9. The Morgan fingerprint density at radius 3 is 2.62 bits per heavy atom. The Labute approximate surface area is 163 Å². The minimum absolute atomic E-state index is 0.0350. The normalized spacial score (nSPS) is 10.6. The number of aryl methyl sites for hydroxylation is 1. The molecule has 5 nitrogen and oxygen atoms in total. The molecule has 132 valence electrons. The molecule has 26 heavy (non-hydrogen) atoms. The Bertz CT molecular complexity index is 1060. The zero-order chi connectivity index (χ0) is 18.8. The molecule has 0 unspecified atom stereocenters. The molecule has 0 aliphatic carbocycles. The maximum Gasteiger partial charge on any atom is 0.279 e. The monoisotopic (exact) mass is 431 g/mol. The summed E-state index contributed by atoms with van der Waals surface area (Å²) >= 11 is 9.83. The van der Waals surface area contributed by atoms with E-state index < -0.39 is 11.5 Å². The molecule has 0 radical (unpaired) electrons. The third kappa shape index (κ3) is 3.43. The molecule has 0 bridgehead atoms. The number of nitrogens with zero attached hydrogens (tertiary/aromatic N) is 2. The molecule has 0 aliphatic heterocycles. The van der Waals surface area contributed by atoms with Crippen LogP contribution in [0.25, 0.3) is 11.1 Å². The molecule has 1 heterocycles. The van der Waals surface area contributed by atoms with Crippen LogP contribution in [-0.2, 0) is 7.05 Å². The molecule has 3 rings (SSSR count). The second kappa shape index (κ2) is 7.43. The van der Waals surface area contributed by atoms with Crippen molar-refractivity contribution in [2.24, 2.45) is 7.05 Å². The quantitative estimate of drug-likeness (QED) is 0.666. The van der Waals surface area contributed by atoms with Gasteiger partial charge in [-0.1, -0.05) is 35.9 Å². The average molecular weight is 433 g/mol. The summed E-state index contributed by atoms with van der Waals surface area (Å²) in [4.78, 5) is 24.6. The minimum Gasteiger partial charge on any atom is -0.322 e. The smallest absolute Gasteiger partial charge is 0.279 e. The van der Waals surface area contributed by atoms with Gasteiger partial charge >= 0.3 is 0 Å². The fourth-order valence-corrected chi connectivity index (χ4v) is 3.24. The Kier molecular flexibility index (Phi) is 5.25. The summed E-state index contributed by atoms with van der Waals surface area (Å²) < 4.78 is 1.92. The summed E-state index contributed by atoms with van der Waals surface area (Å²) in [5.41, 5.74) is 2.81. The molecule has 0 saturated carbocycles. The highest BCUT2D eigenvalue weighted by Gasteiger charge is 2.15. The third-order valence-corrected chi connectivity index (χ3v) is 5.37. The maximum absolute atomic E-state index is 12.5. The molecule has 0 saturated heterocycles. The lowest BCUT2D eigenvalue weighted by Gasteiger charge is -2.14. The van der Waals surface area contributed by atoms with Crippen molar-refractivity contribution in [1.82, 2.24) is 9.78 Å². The van der Waals surface area contributed by atoms with Gasteiger partial charge in [-0.2, -0.15) is 5.10 Å². The van der Waals surface area contributed by atoms with Crippen LogP contribution in [0.15, 0.2) is 57.9 Å². The van der Waals surface area contributed by atoms with Gasteiger partial charge in [-0.05, 0) is 52.2 Å². The summed E-state index contributed by atoms with van der Waals surface area (Å²) in [6.45, 7) is 1.90. The van der Waals surface area contributed by atoms with Gasteiger partial charge in [-0.15, -0.1) is 0 Å². The molecule has 0 spiro atoms. The van der Waals surface area contributed by atoms with Gasteiger partial charge in [0.2, 0.25) is 0 Å². The fraction of sp³-hybridized carbons (Fsp3) is 0.105. The first kappa shape index (κ1) is 18.4. The first-order chi connectivity index (χ1) is 12.4. The number of amides is 1. The number of hydrogen-bond acceptors (Lipinski definition) is 3. The molecule has 0 fully saturated rings. The number of nitrogens with one attached hydrogen (secondary N) is 1. The predicted molar refractivity (Wildman–Crippen MR) is 107 cm³/mol. The standard InChI is InChI=1S/C19H15BrClN3O2/c1-11-12(13-6-3-7-15(20)17(13)21)5-4-8-16(11)23-18(25)14-9-10-22-24(2)19(14)26/h3-10H,1-2H3,(H,23,25). The van der Waals surface area contributed by atoms with Crippen molar-refractivity contribution in [2.75, 3.05) is 5.32 Å². The summed E-state index contributed by atoms with van der Waals surface area (Å²) in [7, 11) is 1.50. The lowest BCUT2D eigenvalue weighted by molar-refractivity contribution is 0.102. The Hall–Kier alpha value is -2.44. The van der Waals surface area contributed by atoms with Crippen molar-refractivity contribution in [3.05, 3.63) is 79.6 Å². The van der Waals surface area contributed by atoms with Gasteiger partial charge in [0.15, 0.2) is 0 Å². The van der Waals surface area contributed by atoms with Crippen LogP contribution in [0.3, 0.4) is 0 Å². The molecule has 2 aromatic carbocycles. The van der Waals surface area contributed by atoms with Crippen molar-refractivity contribution in [3.8, 4) is 11.1 Å².